The topological polar surface area (TPSA) is 69.6 Å². The average molecular weight is 374 g/mol. The van der Waals surface area contributed by atoms with E-state index in [0.29, 0.717) is 48.8 Å². The molecule has 0 amide bonds. The fourth-order valence-electron chi connectivity index (χ4n) is 3.55. The summed E-state index contributed by atoms with van der Waals surface area (Å²) in [6, 6.07) is 3.01. The minimum absolute atomic E-state index is 0.00132. The minimum Gasteiger partial charge on any atom is -0.484 e. The second kappa shape index (κ2) is 7.26. The molecule has 1 saturated heterocycles. The van der Waals surface area contributed by atoms with Crippen LogP contribution in [0.4, 0.5) is 4.39 Å². The van der Waals surface area contributed by atoms with E-state index in [9.17, 15) is 4.39 Å². The Balaban J connectivity index is 1.45. The molecule has 2 atom stereocenters. The molecule has 0 N–H and O–H groups in total. The van der Waals surface area contributed by atoms with Crippen molar-refractivity contribution in [1.29, 1.82) is 0 Å². The Kier molecular flexibility index (Phi) is 4.82. The molecule has 1 fully saturated rings. The van der Waals surface area contributed by atoms with Crippen molar-refractivity contribution >= 4 is 0 Å². The second-order valence-electron chi connectivity index (χ2n) is 6.95. The molecule has 8 heteroatoms. The van der Waals surface area contributed by atoms with Crippen LogP contribution in [0.5, 0.6) is 17.5 Å². The first-order chi connectivity index (χ1) is 13.0. The number of likely N-dealkylation sites (tertiary alicyclic amines) is 1. The van der Waals surface area contributed by atoms with Gasteiger partial charge >= 0.3 is 0 Å². The summed E-state index contributed by atoms with van der Waals surface area (Å²) >= 11 is 0. The van der Waals surface area contributed by atoms with Crippen LogP contribution in [-0.4, -0.2) is 52.3 Å². The van der Waals surface area contributed by atoms with E-state index < -0.39 is 0 Å². The highest BCUT2D eigenvalue weighted by molar-refractivity contribution is 5.37. The number of hydrogen-bond acceptors (Lipinski definition) is 7. The van der Waals surface area contributed by atoms with E-state index in [1.807, 2.05) is 26.8 Å². The zero-order valence-corrected chi connectivity index (χ0v) is 15.7. The first-order valence-corrected chi connectivity index (χ1v) is 9.18. The highest BCUT2D eigenvalue weighted by atomic mass is 19.1. The summed E-state index contributed by atoms with van der Waals surface area (Å²) in [4.78, 5) is 15.1. The molecule has 144 valence electrons. The molecule has 0 bridgehead atoms. The van der Waals surface area contributed by atoms with E-state index in [2.05, 4.69) is 19.9 Å². The number of ether oxygens (including phenoxy) is 3. The summed E-state index contributed by atoms with van der Waals surface area (Å²) in [6.07, 6.45) is 0.847. The van der Waals surface area contributed by atoms with Gasteiger partial charge in [-0.15, -0.1) is 0 Å². The summed E-state index contributed by atoms with van der Waals surface area (Å²) in [5, 5.41) is 0. The molecular weight excluding hydrogens is 351 g/mol. The summed E-state index contributed by atoms with van der Waals surface area (Å²) in [5.74, 6) is 1.63. The number of pyridine rings is 1. The van der Waals surface area contributed by atoms with Crippen molar-refractivity contribution in [2.75, 3.05) is 26.3 Å². The summed E-state index contributed by atoms with van der Waals surface area (Å²) in [5.41, 5.74) is 1.25. The molecule has 2 aromatic rings. The normalized spacial score (nSPS) is 20.5. The minimum atomic E-state index is -0.377. The van der Waals surface area contributed by atoms with Crippen molar-refractivity contribution in [3.05, 3.63) is 35.2 Å². The Labute approximate surface area is 157 Å². The monoisotopic (exact) mass is 374 g/mol. The number of fused-ring (bicyclic) bond motifs is 1. The Morgan fingerprint density at radius 3 is 2.81 bits per heavy atom. The lowest BCUT2D eigenvalue weighted by molar-refractivity contribution is 0.157. The summed E-state index contributed by atoms with van der Waals surface area (Å²) < 4.78 is 31.5. The maximum atomic E-state index is 14.5. The van der Waals surface area contributed by atoms with Gasteiger partial charge in [0.05, 0.1) is 11.7 Å². The van der Waals surface area contributed by atoms with Crippen molar-refractivity contribution in [2.45, 2.75) is 39.3 Å². The van der Waals surface area contributed by atoms with Crippen molar-refractivity contribution < 1.29 is 18.6 Å². The number of aryl methyl sites for hydroxylation is 2. The smallest absolute Gasteiger partial charge is 0.257 e. The van der Waals surface area contributed by atoms with E-state index >= 15 is 0 Å². The van der Waals surface area contributed by atoms with Crippen LogP contribution in [0.2, 0.25) is 0 Å². The third kappa shape index (κ3) is 3.80. The third-order valence-corrected chi connectivity index (χ3v) is 4.86. The molecule has 0 aromatic carbocycles. The SMILES string of the molecule is Cc1cc(OC2CCN(C(C)c3nc4c(cc3F)OCCO4)C2)nc(C)n1. The molecule has 2 aliphatic rings. The molecule has 0 radical (unpaired) electrons. The molecule has 7 nitrogen and oxygen atoms in total. The van der Waals surface area contributed by atoms with Gasteiger partial charge in [-0.05, 0) is 27.2 Å². The standard InChI is InChI=1S/C19H23FN4O3/c1-11-8-17(22-13(3)21-11)27-14-4-5-24(10-14)12(2)18-15(20)9-16-19(23-18)26-7-6-25-16/h8-9,12,14H,4-7,10H2,1-3H3. The van der Waals surface area contributed by atoms with Crippen LogP contribution in [-0.2, 0) is 0 Å². The van der Waals surface area contributed by atoms with Crippen LogP contribution < -0.4 is 14.2 Å². The van der Waals surface area contributed by atoms with Crippen LogP contribution in [0.15, 0.2) is 12.1 Å². The zero-order valence-electron chi connectivity index (χ0n) is 15.7. The number of rotatable bonds is 4. The lowest BCUT2D eigenvalue weighted by Crippen LogP contribution is -2.29. The van der Waals surface area contributed by atoms with Crippen molar-refractivity contribution in [1.82, 2.24) is 19.9 Å². The number of hydrogen-bond donors (Lipinski definition) is 0. The highest BCUT2D eigenvalue weighted by Gasteiger charge is 2.31. The molecule has 0 aliphatic carbocycles. The van der Waals surface area contributed by atoms with Gasteiger partial charge in [-0.25, -0.2) is 14.4 Å². The fraction of sp³-hybridized carbons (Fsp3) is 0.526. The number of aromatic nitrogens is 3. The van der Waals surface area contributed by atoms with Gasteiger partial charge in [-0.1, -0.05) is 0 Å². The van der Waals surface area contributed by atoms with Crippen LogP contribution >= 0.6 is 0 Å². The van der Waals surface area contributed by atoms with Gasteiger partial charge in [-0.3, -0.25) is 4.90 Å². The van der Waals surface area contributed by atoms with Crippen LogP contribution in [0.3, 0.4) is 0 Å². The average Bonchev–Trinajstić information content (AvgIpc) is 3.08. The van der Waals surface area contributed by atoms with E-state index in [-0.39, 0.29) is 18.0 Å². The lowest BCUT2D eigenvalue weighted by atomic mass is 10.1. The molecule has 2 aromatic heterocycles. The Bertz CT molecular complexity index is 828. The maximum Gasteiger partial charge on any atom is 0.257 e. The molecule has 0 spiro atoms. The van der Waals surface area contributed by atoms with E-state index in [0.717, 1.165) is 18.7 Å². The predicted molar refractivity (Wildman–Crippen MR) is 95.7 cm³/mol. The first kappa shape index (κ1) is 17.9. The predicted octanol–water partition coefficient (Wildman–Crippen LogP) is 2.61. The van der Waals surface area contributed by atoms with Crippen LogP contribution in [0.25, 0.3) is 0 Å². The van der Waals surface area contributed by atoms with Gasteiger partial charge in [0, 0.05) is 30.9 Å². The van der Waals surface area contributed by atoms with Gasteiger partial charge < -0.3 is 14.2 Å². The molecule has 0 saturated carbocycles. The molecule has 4 rings (SSSR count). The molecule has 27 heavy (non-hydrogen) atoms. The van der Waals surface area contributed by atoms with Gasteiger partial charge in [0.25, 0.3) is 5.88 Å². The lowest BCUT2D eigenvalue weighted by Gasteiger charge is -2.26. The molecular formula is C19H23FN4O3. The van der Waals surface area contributed by atoms with Crippen LogP contribution in [0.1, 0.15) is 36.6 Å². The maximum absolute atomic E-state index is 14.5. The molecule has 4 heterocycles. The third-order valence-electron chi connectivity index (χ3n) is 4.86. The van der Waals surface area contributed by atoms with E-state index in [4.69, 9.17) is 14.2 Å². The molecule has 2 unspecified atom stereocenters. The first-order valence-electron chi connectivity index (χ1n) is 9.18. The quantitative estimate of drug-likeness (QED) is 0.815. The van der Waals surface area contributed by atoms with Gasteiger partial charge in [0.15, 0.2) is 5.75 Å². The number of halogens is 1. The Hall–Kier alpha value is -2.48. The van der Waals surface area contributed by atoms with Crippen molar-refractivity contribution in [3.8, 4) is 17.5 Å². The second-order valence-corrected chi connectivity index (χ2v) is 6.95. The van der Waals surface area contributed by atoms with Gasteiger partial charge in [0.1, 0.15) is 31.0 Å². The van der Waals surface area contributed by atoms with Crippen molar-refractivity contribution in [2.24, 2.45) is 0 Å². The van der Waals surface area contributed by atoms with E-state index in [1.165, 1.54) is 6.07 Å². The van der Waals surface area contributed by atoms with Crippen LogP contribution in [0, 0.1) is 19.7 Å². The Morgan fingerprint density at radius 1 is 1.19 bits per heavy atom. The number of nitrogens with zero attached hydrogens (tertiary/aromatic N) is 4. The van der Waals surface area contributed by atoms with Gasteiger partial charge in [0.2, 0.25) is 5.88 Å². The fourth-order valence-corrected chi connectivity index (χ4v) is 3.55. The summed E-state index contributed by atoms with van der Waals surface area (Å²) in [7, 11) is 0. The zero-order chi connectivity index (χ0) is 19.0. The molecule has 2 aliphatic heterocycles. The summed E-state index contributed by atoms with van der Waals surface area (Å²) in [6.45, 7) is 8.03. The Morgan fingerprint density at radius 2 is 2.00 bits per heavy atom. The van der Waals surface area contributed by atoms with Gasteiger partial charge in [-0.2, -0.15) is 4.98 Å². The highest BCUT2D eigenvalue weighted by Crippen LogP contribution is 2.34. The van der Waals surface area contributed by atoms with E-state index in [1.54, 1.807) is 0 Å². The van der Waals surface area contributed by atoms with Crippen molar-refractivity contribution in [3.63, 3.8) is 0 Å². The largest absolute Gasteiger partial charge is 0.484 e.